The third kappa shape index (κ3) is 3.31. The summed E-state index contributed by atoms with van der Waals surface area (Å²) in [4.78, 5) is 17.4. The number of Topliss-reactive ketones (excluding diaryl/α,β-unsaturated/α-hetero) is 1. The highest BCUT2D eigenvalue weighted by Gasteiger charge is 2.25. The molecular formula is C22H25N2O4+. The van der Waals surface area contributed by atoms with Crippen LogP contribution in [0.5, 0.6) is 17.2 Å². The number of H-pyrrole nitrogens is 1. The molecule has 0 radical (unpaired) electrons. The van der Waals surface area contributed by atoms with E-state index in [4.69, 9.17) is 14.2 Å². The summed E-state index contributed by atoms with van der Waals surface area (Å²) in [6.07, 6.45) is 2.72. The number of quaternary nitrogens is 1. The van der Waals surface area contributed by atoms with E-state index in [2.05, 4.69) is 11.1 Å². The molecule has 1 aromatic heterocycles. The van der Waals surface area contributed by atoms with Gasteiger partial charge in [-0.1, -0.05) is 0 Å². The number of benzene rings is 2. The zero-order valence-electron chi connectivity index (χ0n) is 16.4. The summed E-state index contributed by atoms with van der Waals surface area (Å²) >= 11 is 0. The lowest BCUT2D eigenvalue weighted by atomic mass is 9.98. The molecule has 0 amide bonds. The molecule has 1 aliphatic rings. The van der Waals surface area contributed by atoms with Gasteiger partial charge in [-0.25, -0.2) is 0 Å². The maximum atomic E-state index is 13.0. The molecule has 2 aromatic carbocycles. The number of nitrogens with one attached hydrogen (secondary N) is 2. The van der Waals surface area contributed by atoms with Crippen LogP contribution >= 0.6 is 0 Å². The van der Waals surface area contributed by atoms with Crippen LogP contribution < -0.4 is 19.1 Å². The molecule has 0 fully saturated rings. The minimum Gasteiger partial charge on any atom is -0.497 e. The number of carbonyl (C=O) groups is 1. The monoisotopic (exact) mass is 381 g/mol. The topological polar surface area (TPSA) is 65.0 Å². The number of aromatic amines is 1. The van der Waals surface area contributed by atoms with Crippen LogP contribution in [0.2, 0.25) is 0 Å². The van der Waals surface area contributed by atoms with Crippen molar-refractivity contribution < 1.29 is 23.9 Å². The number of aromatic nitrogens is 1. The second-order valence-corrected chi connectivity index (χ2v) is 7.12. The van der Waals surface area contributed by atoms with Crippen LogP contribution in [0.1, 0.15) is 21.5 Å². The summed E-state index contributed by atoms with van der Waals surface area (Å²) < 4.78 is 16.1. The number of hydrogen-bond acceptors (Lipinski definition) is 4. The lowest BCUT2D eigenvalue weighted by Crippen LogP contribution is -3.12. The van der Waals surface area contributed by atoms with Crippen molar-refractivity contribution in [1.29, 1.82) is 0 Å². The molecule has 6 heteroatoms. The first kappa shape index (κ1) is 18.4. The molecular weight excluding hydrogens is 356 g/mol. The van der Waals surface area contributed by atoms with Gasteiger partial charge in [-0.3, -0.25) is 4.79 Å². The molecule has 2 N–H and O–H groups in total. The van der Waals surface area contributed by atoms with E-state index in [1.165, 1.54) is 16.0 Å². The van der Waals surface area contributed by atoms with Gasteiger partial charge in [0.2, 0.25) is 5.78 Å². The average Bonchev–Trinajstić information content (AvgIpc) is 3.15. The Kier molecular flexibility index (Phi) is 4.96. The van der Waals surface area contributed by atoms with Gasteiger partial charge in [-0.05, 0) is 29.8 Å². The fourth-order valence-electron chi connectivity index (χ4n) is 3.97. The van der Waals surface area contributed by atoms with Crippen LogP contribution in [0.3, 0.4) is 0 Å². The van der Waals surface area contributed by atoms with Crippen LogP contribution in [0.25, 0.3) is 10.9 Å². The maximum absolute atomic E-state index is 13.0. The smallest absolute Gasteiger partial charge is 0.219 e. The van der Waals surface area contributed by atoms with Gasteiger partial charge in [0.05, 0.1) is 27.9 Å². The first-order valence-corrected chi connectivity index (χ1v) is 9.38. The highest BCUT2D eigenvalue weighted by atomic mass is 16.5. The van der Waals surface area contributed by atoms with Crippen molar-refractivity contribution in [3.63, 3.8) is 0 Å². The normalized spacial score (nSPS) is 15.9. The quantitative estimate of drug-likeness (QED) is 0.641. The van der Waals surface area contributed by atoms with E-state index in [1.807, 2.05) is 24.3 Å². The van der Waals surface area contributed by atoms with Crippen LogP contribution in [0, 0.1) is 0 Å². The van der Waals surface area contributed by atoms with Gasteiger partial charge in [-0.2, -0.15) is 0 Å². The first-order valence-electron chi connectivity index (χ1n) is 9.38. The predicted molar refractivity (Wildman–Crippen MR) is 107 cm³/mol. The van der Waals surface area contributed by atoms with E-state index >= 15 is 0 Å². The van der Waals surface area contributed by atoms with E-state index in [0.717, 1.165) is 53.2 Å². The summed E-state index contributed by atoms with van der Waals surface area (Å²) in [5.74, 6) is 2.42. The molecule has 2 heterocycles. The third-order valence-electron chi connectivity index (χ3n) is 5.49. The minimum atomic E-state index is 0.148. The number of ketones is 1. The third-order valence-corrected chi connectivity index (χ3v) is 5.49. The Labute approximate surface area is 164 Å². The van der Waals surface area contributed by atoms with Gasteiger partial charge in [0.25, 0.3) is 0 Å². The van der Waals surface area contributed by atoms with Gasteiger partial charge in [-0.15, -0.1) is 0 Å². The Bertz CT molecular complexity index is 1020. The molecule has 0 saturated carbocycles. The van der Waals surface area contributed by atoms with E-state index in [0.29, 0.717) is 6.54 Å². The van der Waals surface area contributed by atoms with Crippen molar-refractivity contribution in [3.05, 3.63) is 53.2 Å². The number of hydrogen-bond donors (Lipinski definition) is 2. The number of methoxy groups -OCH3 is 3. The Hall–Kier alpha value is -2.99. The van der Waals surface area contributed by atoms with Crippen molar-refractivity contribution in [3.8, 4) is 17.2 Å². The second kappa shape index (κ2) is 7.56. The summed E-state index contributed by atoms with van der Waals surface area (Å²) in [5, 5.41) is 0.939. The molecule has 0 bridgehead atoms. The summed E-state index contributed by atoms with van der Waals surface area (Å²) in [6.45, 7) is 2.19. The van der Waals surface area contributed by atoms with Gasteiger partial charge < -0.3 is 24.1 Å². The van der Waals surface area contributed by atoms with Crippen molar-refractivity contribution in [2.75, 3.05) is 34.4 Å². The van der Waals surface area contributed by atoms with Gasteiger partial charge in [0, 0.05) is 40.7 Å². The summed E-state index contributed by atoms with van der Waals surface area (Å²) in [5.41, 5.74) is 4.14. The maximum Gasteiger partial charge on any atom is 0.219 e. The van der Waals surface area contributed by atoms with E-state index in [9.17, 15) is 4.79 Å². The SMILES string of the molecule is COc1ccc2c(C(=O)C[NH+]3CCc4cc(OC)c(OC)cc4C3)c[nH]c2c1. The van der Waals surface area contributed by atoms with Crippen LogP contribution in [-0.2, 0) is 13.0 Å². The number of rotatable bonds is 6. The molecule has 0 saturated heterocycles. The highest BCUT2D eigenvalue weighted by Crippen LogP contribution is 2.31. The van der Waals surface area contributed by atoms with Crippen LogP contribution in [-0.4, -0.2) is 45.2 Å². The molecule has 1 atom stereocenters. The molecule has 146 valence electrons. The second-order valence-electron chi connectivity index (χ2n) is 7.12. The molecule has 1 aliphatic heterocycles. The van der Waals surface area contributed by atoms with E-state index in [1.54, 1.807) is 27.5 Å². The van der Waals surface area contributed by atoms with Crippen molar-refractivity contribution in [1.82, 2.24) is 4.98 Å². The Balaban J connectivity index is 1.52. The lowest BCUT2D eigenvalue weighted by molar-refractivity contribution is -0.907. The minimum absolute atomic E-state index is 0.148. The molecule has 28 heavy (non-hydrogen) atoms. The van der Waals surface area contributed by atoms with E-state index < -0.39 is 0 Å². The fourth-order valence-corrected chi connectivity index (χ4v) is 3.97. The first-order chi connectivity index (χ1) is 13.6. The van der Waals surface area contributed by atoms with Crippen molar-refractivity contribution in [2.24, 2.45) is 0 Å². The Morgan fingerprint density at radius 3 is 2.50 bits per heavy atom. The lowest BCUT2D eigenvalue weighted by Gasteiger charge is -2.26. The molecule has 0 spiro atoms. The Morgan fingerprint density at radius 1 is 1.04 bits per heavy atom. The van der Waals surface area contributed by atoms with Crippen molar-refractivity contribution in [2.45, 2.75) is 13.0 Å². The largest absolute Gasteiger partial charge is 0.497 e. The molecule has 1 unspecified atom stereocenters. The zero-order chi connectivity index (χ0) is 19.7. The fraction of sp³-hybridized carbons (Fsp3) is 0.318. The molecule has 0 aliphatic carbocycles. The van der Waals surface area contributed by atoms with Crippen molar-refractivity contribution >= 4 is 16.7 Å². The summed E-state index contributed by atoms with van der Waals surface area (Å²) in [6, 6.07) is 9.83. The number of fused-ring (bicyclic) bond motifs is 2. The average molecular weight is 381 g/mol. The van der Waals surface area contributed by atoms with Crippen LogP contribution in [0.4, 0.5) is 0 Å². The number of ether oxygens (including phenoxy) is 3. The van der Waals surface area contributed by atoms with Gasteiger partial charge in [0.1, 0.15) is 18.8 Å². The predicted octanol–water partition coefficient (Wildman–Crippen LogP) is 2.02. The summed E-state index contributed by atoms with van der Waals surface area (Å²) in [7, 11) is 4.94. The van der Waals surface area contributed by atoms with Gasteiger partial charge in [0.15, 0.2) is 11.5 Å². The zero-order valence-corrected chi connectivity index (χ0v) is 16.4. The molecule has 6 nitrogen and oxygen atoms in total. The molecule has 4 rings (SSSR count). The number of carbonyl (C=O) groups excluding carboxylic acids is 1. The highest BCUT2D eigenvalue weighted by molar-refractivity contribution is 6.08. The molecule has 3 aromatic rings. The van der Waals surface area contributed by atoms with Gasteiger partial charge >= 0.3 is 0 Å². The standard InChI is InChI=1S/C22H24N2O4/c1-26-16-4-5-17-18(11-23-19(17)10-16)20(25)13-24-7-6-14-8-21(27-2)22(28-3)9-15(14)12-24/h4-5,8-11,23H,6-7,12-13H2,1-3H3/p+1. The Morgan fingerprint density at radius 2 is 1.79 bits per heavy atom. The van der Waals surface area contributed by atoms with Crippen LogP contribution in [0.15, 0.2) is 36.5 Å². The van der Waals surface area contributed by atoms with E-state index in [-0.39, 0.29) is 5.78 Å².